The van der Waals surface area contributed by atoms with E-state index in [0.717, 1.165) is 6.42 Å². The van der Waals surface area contributed by atoms with E-state index < -0.39 is 23.3 Å². The van der Waals surface area contributed by atoms with Gasteiger partial charge in [-0.05, 0) is 33.1 Å². The number of carboxylic acid groups (broad SMARTS) is 1. The lowest BCUT2D eigenvalue weighted by Crippen LogP contribution is -2.64. The lowest BCUT2D eigenvalue weighted by molar-refractivity contribution is 0.0173. The molecule has 0 unspecified atom stereocenters. The van der Waals surface area contributed by atoms with Crippen LogP contribution in [0.25, 0.3) is 0 Å². The van der Waals surface area contributed by atoms with Crippen LogP contribution in [0.1, 0.15) is 34.1 Å². The van der Waals surface area contributed by atoms with Gasteiger partial charge < -0.3 is 20.1 Å². The van der Waals surface area contributed by atoms with Gasteiger partial charge in [-0.2, -0.15) is 0 Å². The van der Waals surface area contributed by atoms with Crippen molar-refractivity contribution in [2.45, 2.75) is 45.3 Å². The molecule has 2 N–H and O–H groups in total. The largest absolute Gasteiger partial charge is 0.465 e. The third-order valence-corrected chi connectivity index (χ3v) is 3.99. The number of hydrogen-bond donors (Lipinski definition) is 2. The molecule has 0 radical (unpaired) electrons. The summed E-state index contributed by atoms with van der Waals surface area (Å²) in [7, 11) is 0. The Labute approximate surface area is 113 Å². The third-order valence-electron chi connectivity index (χ3n) is 3.99. The molecule has 1 saturated carbocycles. The van der Waals surface area contributed by atoms with E-state index in [0.29, 0.717) is 19.0 Å². The molecule has 1 saturated heterocycles. The predicted octanol–water partition coefficient (Wildman–Crippen LogP) is 1.90. The molecule has 19 heavy (non-hydrogen) atoms. The zero-order valence-corrected chi connectivity index (χ0v) is 11.9. The summed E-state index contributed by atoms with van der Waals surface area (Å²) in [4.78, 5) is 24.3. The Kier molecular flexibility index (Phi) is 3.15. The van der Waals surface area contributed by atoms with Gasteiger partial charge in [0.25, 0.3) is 0 Å². The predicted molar refractivity (Wildman–Crippen MR) is 69.0 cm³/mol. The Hall–Kier alpha value is -1.46. The Morgan fingerprint density at radius 1 is 1.42 bits per heavy atom. The molecule has 2 fully saturated rings. The molecule has 2 aliphatic rings. The molecule has 0 aromatic carbocycles. The number of hydrogen-bond acceptors (Lipinski definition) is 3. The molecule has 0 aromatic rings. The van der Waals surface area contributed by atoms with Crippen LogP contribution < -0.4 is 5.32 Å². The molecule has 108 valence electrons. The second kappa shape index (κ2) is 4.28. The maximum absolute atomic E-state index is 11.9. The first kappa shape index (κ1) is 14.0. The SMILES string of the molecule is C[C@@H]1C[C@@]2(NC(=O)OC(C)(C)C)CN(C(=O)O)C[C@@H]12. The zero-order chi connectivity index (χ0) is 14.4. The van der Waals surface area contributed by atoms with Gasteiger partial charge >= 0.3 is 12.2 Å². The molecule has 0 aromatic heterocycles. The van der Waals surface area contributed by atoms with Crippen molar-refractivity contribution in [3.8, 4) is 0 Å². The highest BCUT2D eigenvalue weighted by atomic mass is 16.6. The molecule has 2 rings (SSSR count). The number of carbonyl (C=O) groups is 2. The number of fused-ring (bicyclic) bond motifs is 1. The first-order valence-corrected chi connectivity index (χ1v) is 6.62. The van der Waals surface area contributed by atoms with Crippen LogP contribution in [0.2, 0.25) is 0 Å². The van der Waals surface area contributed by atoms with Crippen molar-refractivity contribution in [3.05, 3.63) is 0 Å². The van der Waals surface area contributed by atoms with Crippen molar-refractivity contribution in [2.24, 2.45) is 11.8 Å². The summed E-state index contributed by atoms with van der Waals surface area (Å²) >= 11 is 0. The first-order valence-electron chi connectivity index (χ1n) is 6.62. The average Bonchev–Trinajstić information content (AvgIpc) is 2.48. The minimum atomic E-state index is -0.924. The number of alkyl carbamates (subject to hydrolysis) is 1. The summed E-state index contributed by atoms with van der Waals surface area (Å²) in [5, 5.41) is 12.0. The second-order valence-electron chi connectivity index (χ2n) is 6.73. The van der Waals surface area contributed by atoms with Crippen molar-refractivity contribution in [1.29, 1.82) is 0 Å². The van der Waals surface area contributed by atoms with Gasteiger partial charge in [0.05, 0.1) is 5.54 Å². The van der Waals surface area contributed by atoms with Gasteiger partial charge in [0.1, 0.15) is 5.60 Å². The maximum atomic E-state index is 11.9. The summed E-state index contributed by atoms with van der Waals surface area (Å²) in [6, 6.07) is 0. The molecule has 3 atom stereocenters. The van der Waals surface area contributed by atoms with Gasteiger partial charge in [0, 0.05) is 19.0 Å². The van der Waals surface area contributed by atoms with E-state index in [2.05, 4.69) is 12.2 Å². The molecule has 1 aliphatic heterocycles. The summed E-state index contributed by atoms with van der Waals surface area (Å²) in [6.45, 7) is 8.36. The van der Waals surface area contributed by atoms with E-state index in [1.54, 1.807) is 0 Å². The minimum absolute atomic E-state index is 0.191. The normalized spacial score (nSPS) is 33.4. The van der Waals surface area contributed by atoms with Crippen LogP contribution in [0, 0.1) is 11.8 Å². The van der Waals surface area contributed by atoms with Gasteiger partial charge in [-0.25, -0.2) is 9.59 Å². The van der Waals surface area contributed by atoms with Crippen LogP contribution in [0.4, 0.5) is 9.59 Å². The molecule has 6 heteroatoms. The summed E-state index contributed by atoms with van der Waals surface area (Å²) in [6.07, 6.45) is -0.579. The standard InChI is InChI=1S/C13H22N2O4/c1-8-5-13(14-10(16)19-12(2,3)4)7-15(11(17)18)6-9(8)13/h8-9H,5-7H2,1-4H3,(H,14,16)(H,17,18)/t8-,9+,13-/m1/s1. The van der Waals surface area contributed by atoms with Crippen LogP contribution in [0.3, 0.4) is 0 Å². The number of nitrogens with zero attached hydrogens (tertiary/aromatic N) is 1. The zero-order valence-electron chi connectivity index (χ0n) is 11.9. The Bertz CT molecular complexity index is 404. The Morgan fingerprint density at radius 3 is 2.53 bits per heavy atom. The molecule has 0 bridgehead atoms. The third kappa shape index (κ3) is 2.62. The fourth-order valence-corrected chi connectivity index (χ4v) is 3.27. The molecular formula is C13H22N2O4. The van der Waals surface area contributed by atoms with E-state index in [-0.39, 0.29) is 5.92 Å². The molecule has 1 heterocycles. The highest BCUT2D eigenvalue weighted by Gasteiger charge is 2.59. The van der Waals surface area contributed by atoms with E-state index >= 15 is 0 Å². The molecule has 2 amide bonds. The van der Waals surface area contributed by atoms with Gasteiger partial charge in [-0.15, -0.1) is 0 Å². The fourth-order valence-electron chi connectivity index (χ4n) is 3.27. The quantitative estimate of drug-likeness (QED) is 0.762. The van der Waals surface area contributed by atoms with Crippen LogP contribution in [-0.2, 0) is 4.74 Å². The van der Waals surface area contributed by atoms with E-state index in [1.165, 1.54) is 4.90 Å². The molecule has 6 nitrogen and oxygen atoms in total. The van der Waals surface area contributed by atoms with E-state index in [9.17, 15) is 9.59 Å². The number of amides is 2. The van der Waals surface area contributed by atoms with Gasteiger partial charge in [-0.3, -0.25) is 0 Å². The van der Waals surface area contributed by atoms with Crippen molar-refractivity contribution < 1.29 is 19.4 Å². The monoisotopic (exact) mass is 270 g/mol. The van der Waals surface area contributed by atoms with E-state index in [1.807, 2.05) is 20.8 Å². The molecule has 0 spiro atoms. The van der Waals surface area contributed by atoms with Crippen molar-refractivity contribution in [1.82, 2.24) is 10.2 Å². The smallest absolute Gasteiger partial charge is 0.408 e. The minimum Gasteiger partial charge on any atom is -0.465 e. The summed E-state index contributed by atoms with van der Waals surface area (Å²) < 4.78 is 5.26. The average molecular weight is 270 g/mol. The first-order chi connectivity index (χ1) is 8.63. The van der Waals surface area contributed by atoms with Crippen LogP contribution in [0.5, 0.6) is 0 Å². The van der Waals surface area contributed by atoms with Crippen molar-refractivity contribution in [2.75, 3.05) is 13.1 Å². The number of likely N-dealkylation sites (tertiary alicyclic amines) is 1. The molecular weight excluding hydrogens is 248 g/mol. The highest BCUT2D eigenvalue weighted by Crippen LogP contribution is 2.48. The van der Waals surface area contributed by atoms with Crippen molar-refractivity contribution >= 4 is 12.2 Å². The van der Waals surface area contributed by atoms with Gasteiger partial charge in [0.15, 0.2) is 0 Å². The second-order valence-corrected chi connectivity index (χ2v) is 6.73. The number of carbonyl (C=O) groups excluding carboxylic acids is 1. The van der Waals surface area contributed by atoms with Crippen LogP contribution in [-0.4, -0.2) is 46.4 Å². The van der Waals surface area contributed by atoms with Crippen LogP contribution >= 0.6 is 0 Å². The lowest BCUT2D eigenvalue weighted by atomic mass is 9.62. The topological polar surface area (TPSA) is 78.9 Å². The number of ether oxygens (including phenoxy) is 1. The Balaban J connectivity index is 2.03. The van der Waals surface area contributed by atoms with Gasteiger partial charge in [0.2, 0.25) is 0 Å². The van der Waals surface area contributed by atoms with Crippen molar-refractivity contribution in [3.63, 3.8) is 0 Å². The van der Waals surface area contributed by atoms with Crippen LogP contribution in [0.15, 0.2) is 0 Å². The fraction of sp³-hybridized carbons (Fsp3) is 0.846. The summed E-state index contributed by atoms with van der Waals surface area (Å²) in [5.41, 5.74) is -0.975. The highest BCUT2D eigenvalue weighted by molar-refractivity contribution is 5.71. The van der Waals surface area contributed by atoms with Gasteiger partial charge in [-0.1, -0.05) is 6.92 Å². The number of rotatable bonds is 1. The number of nitrogens with one attached hydrogen (secondary N) is 1. The summed E-state index contributed by atoms with van der Waals surface area (Å²) in [5.74, 6) is 0.621. The lowest BCUT2D eigenvalue weighted by Gasteiger charge is -2.49. The van der Waals surface area contributed by atoms with E-state index in [4.69, 9.17) is 9.84 Å². The molecule has 1 aliphatic carbocycles. The maximum Gasteiger partial charge on any atom is 0.408 e. The Morgan fingerprint density at radius 2 is 2.05 bits per heavy atom.